The number of amides is 1. The van der Waals surface area contributed by atoms with E-state index in [0.717, 1.165) is 5.75 Å². The van der Waals surface area contributed by atoms with Gasteiger partial charge < -0.3 is 15.4 Å². The average Bonchev–Trinajstić information content (AvgIpc) is 2.37. The number of thioether (sulfide) groups is 1. The van der Waals surface area contributed by atoms with Crippen molar-refractivity contribution in [2.24, 2.45) is 11.7 Å². The van der Waals surface area contributed by atoms with Gasteiger partial charge in [0.25, 0.3) is 0 Å². The van der Waals surface area contributed by atoms with Crippen LogP contribution in [0.25, 0.3) is 0 Å². The van der Waals surface area contributed by atoms with Gasteiger partial charge in [-0.2, -0.15) is 11.8 Å². The fraction of sp³-hybridized carbons (Fsp3) is 0.846. The Bertz CT molecular complexity index is 323. The number of ether oxygens (including phenoxy) is 1. The summed E-state index contributed by atoms with van der Waals surface area (Å²) in [6.07, 6.45) is 0.637. The summed E-state index contributed by atoms with van der Waals surface area (Å²) in [5.74, 6) is 1.35. The lowest BCUT2D eigenvalue weighted by Gasteiger charge is -2.35. The van der Waals surface area contributed by atoms with Crippen molar-refractivity contribution in [3.05, 3.63) is 0 Å². The summed E-state index contributed by atoms with van der Waals surface area (Å²) < 4.78 is 5.04. The van der Waals surface area contributed by atoms with Gasteiger partial charge in [-0.05, 0) is 19.3 Å². The molecule has 1 heterocycles. The summed E-state index contributed by atoms with van der Waals surface area (Å²) >= 11 is 1.67. The molecule has 1 amide bonds. The first kappa shape index (κ1) is 16.3. The number of carbonyl (C=O) groups excluding carboxylic acids is 2. The SMILES string of the molecule is CCOC(=O)C1CSCCN1C(=O)[C@@H](N)CC(C)C. The van der Waals surface area contributed by atoms with Gasteiger partial charge in [-0.15, -0.1) is 0 Å². The Labute approximate surface area is 119 Å². The van der Waals surface area contributed by atoms with Crippen molar-refractivity contribution in [3.63, 3.8) is 0 Å². The molecule has 0 saturated carbocycles. The minimum Gasteiger partial charge on any atom is -0.464 e. The van der Waals surface area contributed by atoms with Gasteiger partial charge in [0.05, 0.1) is 12.6 Å². The molecule has 5 nitrogen and oxygen atoms in total. The van der Waals surface area contributed by atoms with Crippen LogP contribution in [0, 0.1) is 5.92 Å². The molecule has 0 aromatic carbocycles. The lowest BCUT2D eigenvalue weighted by Crippen LogP contribution is -2.55. The summed E-state index contributed by atoms with van der Waals surface area (Å²) in [6.45, 7) is 6.73. The third kappa shape index (κ3) is 4.69. The number of hydrogen-bond donors (Lipinski definition) is 1. The second-order valence-corrected chi connectivity index (χ2v) is 6.26. The van der Waals surface area contributed by atoms with Crippen LogP contribution in [0.2, 0.25) is 0 Å². The highest BCUT2D eigenvalue weighted by Crippen LogP contribution is 2.19. The lowest BCUT2D eigenvalue weighted by atomic mass is 10.0. The van der Waals surface area contributed by atoms with Crippen LogP contribution in [0.15, 0.2) is 0 Å². The quantitative estimate of drug-likeness (QED) is 0.760. The molecule has 0 radical (unpaired) electrons. The number of carbonyl (C=O) groups is 2. The van der Waals surface area contributed by atoms with Crippen LogP contribution in [-0.2, 0) is 14.3 Å². The molecule has 0 bridgehead atoms. The van der Waals surface area contributed by atoms with E-state index in [1.807, 2.05) is 13.8 Å². The van der Waals surface area contributed by atoms with E-state index in [0.29, 0.717) is 31.2 Å². The number of esters is 1. The number of nitrogens with zero attached hydrogens (tertiary/aromatic N) is 1. The molecule has 1 aliphatic heterocycles. The zero-order valence-corrected chi connectivity index (χ0v) is 12.7. The fourth-order valence-corrected chi connectivity index (χ4v) is 3.15. The van der Waals surface area contributed by atoms with Crippen molar-refractivity contribution < 1.29 is 14.3 Å². The number of nitrogens with two attached hydrogens (primary N) is 1. The summed E-state index contributed by atoms with van der Waals surface area (Å²) in [6, 6.07) is -1.01. The molecular formula is C13H24N2O3S. The molecule has 0 aliphatic carbocycles. The minimum atomic E-state index is -0.528. The van der Waals surface area contributed by atoms with Crippen LogP contribution in [0.4, 0.5) is 0 Å². The largest absolute Gasteiger partial charge is 0.464 e. The predicted octanol–water partition coefficient (Wildman–Crippen LogP) is 0.867. The smallest absolute Gasteiger partial charge is 0.329 e. The first-order valence-corrected chi connectivity index (χ1v) is 7.93. The molecule has 0 spiro atoms. The van der Waals surface area contributed by atoms with Gasteiger partial charge in [0.2, 0.25) is 5.91 Å². The molecule has 110 valence electrons. The van der Waals surface area contributed by atoms with Gasteiger partial charge in [0.15, 0.2) is 0 Å². The number of rotatable bonds is 5. The summed E-state index contributed by atoms with van der Waals surface area (Å²) in [4.78, 5) is 25.8. The maximum atomic E-state index is 12.3. The molecule has 1 saturated heterocycles. The maximum absolute atomic E-state index is 12.3. The first-order chi connectivity index (χ1) is 8.97. The molecule has 6 heteroatoms. The standard InChI is InChI=1S/C13H24N2O3S/c1-4-18-13(17)11-8-19-6-5-15(11)12(16)10(14)7-9(2)3/h9-11H,4-8,14H2,1-3H3/t10-,11?/m0/s1. The molecule has 0 aromatic heterocycles. The summed E-state index contributed by atoms with van der Waals surface area (Å²) in [5.41, 5.74) is 5.94. The van der Waals surface area contributed by atoms with E-state index in [1.165, 1.54) is 0 Å². The molecule has 1 unspecified atom stereocenters. The summed E-state index contributed by atoms with van der Waals surface area (Å²) in [7, 11) is 0. The normalized spacial score (nSPS) is 21.3. The monoisotopic (exact) mass is 288 g/mol. The highest BCUT2D eigenvalue weighted by Gasteiger charge is 2.35. The second kappa shape index (κ2) is 7.75. The average molecular weight is 288 g/mol. The van der Waals surface area contributed by atoms with Gasteiger partial charge in [0.1, 0.15) is 6.04 Å². The summed E-state index contributed by atoms with van der Waals surface area (Å²) in [5, 5.41) is 0. The zero-order chi connectivity index (χ0) is 14.4. The third-order valence-electron chi connectivity index (χ3n) is 3.01. The highest BCUT2D eigenvalue weighted by molar-refractivity contribution is 7.99. The molecule has 1 fully saturated rings. The molecule has 19 heavy (non-hydrogen) atoms. The Balaban J connectivity index is 2.70. The van der Waals surface area contributed by atoms with Crippen molar-refractivity contribution >= 4 is 23.6 Å². The van der Waals surface area contributed by atoms with Gasteiger partial charge in [0, 0.05) is 18.1 Å². The minimum absolute atomic E-state index is 0.132. The van der Waals surface area contributed by atoms with Crippen molar-refractivity contribution in [1.29, 1.82) is 0 Å². The second-order valence-electron chi connectivity index (χ2n) is 5.11. The number of hydrogen-bond acceptors (Lipinski definition) is 5. The van der Waals surface area contributed by atoms with Crippen LogP contribution < -0.4 is 5.73 Å². The first-order valence-electron chi connectivity index (χ1n) is 6.77. The van der Waals surface area contributed by atoms with Gasteiger partial charge in [-0.3, -0.25) is 4.79 Å². The molecule has 2 atom stereocenters. The van der Waals surface area contributed by atoms with Crippen molar-refractivity contribution in [2.75, 3.05) is 24.7 Å². The Morgan fingerprint density at radius 3 is 2.74 bits per heavy atom. The van der Waals surface area contributed by atoms with Crippen LogP contribution in [0.1, 0.15) is 27.2 Å². The molecule has 0 aromatic rings. The van der Waals surface area contributed by atoms with Gasteiger partial charge in [-0.25, -0.2) is 4.79 Å². The molecule has 2 N–H and O–H groups in total. The van der Waals surface area contributed by atoms with Crippen molar-refractivity contribution in [2.45, 2.75) is 39.3 Å². The van der Waals surface area contributed by atoms with E-state index in [4.69, 9.17) is 10.5 Å². The van der Waals surface area contributed by atoms with E-state index in [-0.39, 0.29) is 11.9 Å². The zero-order valence-electron chi connectivity index (χ0n) is 11.9. The van der Waals surface area contributed by atoms with Crippen LogP contribution in [0.5, 0.6) is 0 Å². The third-order valence-corrected chi connectivity index (χ3v) is 4.04. The lowest BCUT2D eigenvalue weighted by molar-refractivity contribution is -0.154. The molecular weight excluding hydrogens is 264 g/mol. The Morgan fingerprint density at radius 2 is 2.16 bits per heavy atom. The molecule has 1 rings (SSSR count). The van der Waals surface area contributed by atoms with Crippen LogP contribution in [0.3, 0.4) is 0 Å². The van der Waals surface area contributed by atoms with Gasteiger partial charge in [-0.1, -0.05) is 13.8 Å². The topological polar surface area (TPSA) is 72.6 Å². The van der Waals surface area contributed by atoms with Crippen LogP contribution in [-0.4, -0.2) is 53.5 Å². The van der Waals surface area contributed by atoms with Crippen molar-refractivity contribution in [3.8, 4) is 0 Å². The van der Waals surface area contributed by atoms with E-state index in [2.05, 4.69) is 0 Å². The molecule has 1 aliphatic rings. The Morgan fingerprint density at radius 1 is 1.47 bits per heavy atom. The van der Waals surface area contributed by atoms with E-state index in [1.54, 1.807) is 23.6 Å². The van der Waals surface area contributed by atoms with Gasteiger partial charge >= 0.3 is 5.97 Å². The fourth-order valence-electron chi connectivity index (χ4n) is 2.12. The maximum Gasteiger partial charge on any atom is 0.329 e. The highest BCUT2D eigenvalue weighted by atomic mass is 32.2. The Kier molecular flexibility index (Phi) is 6.65. The van der Waals surface area contributed by atoms with Crippen LogP contribution >= 0.6 is 11.8 Å². The van der Waals surface area contributed by atoms with Crippen molar-refractivity contribution in [1.82, 2.24) is 4.90 Å². The Hall–Kier alpha value is -0.750. The van der Waals surface area contributed by atoms with E-state index >= 15 is 0 Å². The predicted molar refractivity (Wildman–Crippen MR) is 76.9 cm³/mol. The van der Waals surface area contributed by atoms with E-state index in [9.17, 15) is 9.59 Å². The van der Waals surface area contributed by atoms with E-state index < -0.39 is 12.1 Å².